The van der Waals surface area contributed by atoms with E-state index >= 15 is 0 Å². The standard InChI is InChI=1S/C16H9FN2O2/c17-15-7-14(6-5-13(15)9-19)21-10-16(20)12-3-1-11(8-18)2-4-12/h1-7H,10H2. The van der Waals surface area contributed by atoms with Gasteiger partial charge in [-0.25, -0.2) is 4.39 Å². The second-order valence-electron chi connectivity index (χ2n) is 4.15. The Kier molecular flexibility index (Phi) is 4.28. The molecule has 0 spiro atoms. The molecule has 0 aromatic heterocycles. The predicted octanol–water partition coefficient (Wildman–Crippen LogP) is 2.83. The molecule has 5 heteroatoms. The molecule has 0 aliphatic carbocycles. The number of Topliss-reactive ketones (excluding diaryl/α,β-unsaturated/α-hetero) is 1. The van der Waals surface area contributed by atoms with E-state index in [9.17, 15) is 9.18 Å². The quantitative estimate of drug-likeness (QED) is 0.807. The topological polar surface area (TPSA) is 73.9 Å². The van der Waals surface area contributed by atoms with Gasteiger partial charge < -0.3 is 4.74 Å². The highest BCUT2D eigenvalue weighted by molar-refractivity contribution is 5.97. The lowest BCUT2D eigenvalue weighted by Crippen LogP contribution is -2.11. The number of ether oxygens (including phenoxy) is 1. The number of hydrogen-bond acceptors (Lipinski definition) is 4. The van der Waals surface area contributed by atoms with Crippen LogP contribution in [-0.2, 0) is 0 Å². The summed E-state index contributed by atoms with van der Waals surface area (Å²) in [5, 5.41) is 17.3. The van der Waals surface area contributed by atoms with Crippen molar-refractivity contribution in [2.75, 3.05) is 6.61 Å². The molecule has 0 radical (unpaired) electrons. The number of rotatable bonds is 4. The number of ketones is 1. The third-order valence-corrected chi connectivity index (χ3v) is 2.77. The van der Waals surface area contributed by atoms with Crippen LogP contribution >= 0.6 is 0 Å². The molecule has 21 heavy (non-hydrogen) atoms. The highest BCUT2D eigenvalue weighted by atomic mass is 19.1. The average Bonchev–Trinajstić information content (AvgIpc) is 2.52. The molecular weight excluding hydrogens is 271 g/mol. The van der Waals surface area contributed by atoms with Crippen LogP contribution in [0, 0.1) is 28.5 Å². The van der Waals surface area contributed by atoms with Gasteiger partial charge in [0.25, 0.3) is 0 Å². The van der Waals surface area contributed by atoms with Crippen LogP contribution in [0.4, 0.5) is 4.39 Å². The Morgan fingerprint density at radius 2 is 1.81 bits per heavy atom. The van der Waals surface area contributed by atoms with Gasteiger partial charge in [-0.1, -0.05) is 0 Å². The molecule has 2 aromatic carbocycles. The maximum absolute atomic E-state index is 13.4. The first-order valence-electron chi connectivity index (χ1n) is 6.00. The van der Waals surface area contributed by atoms with Crippen molar-refractivity contribution in [2.24, 2.45) is 0 Å². The lowest BCUT2D eigenvalue weighted by atomic mass is 10.1. The van der Waals surface area contributed by atoms with Gasteiger partial charge in [0.15, 0.2) is 12.4 Å². The Hall–Kier alpha value is -3.18. The summed E-state index contributed by atoms with van der Waals surface area (Å²) >= 11 is 0. The lowest BCUT2D eigenvalue weighted by molar-refractivity contribution is 0.0921. The molecule has 0 aliphatic rings. The van der Waals surface area contributed by atoms with Gasteiger partial charge in [0.2, 0.25) is 0 Å². The van der Waals surface area contributed by atoms with Gasteiger partial charge in [0.1, 0.15) is 17.6 Å². The molecule has 0 saturated carbocycles. The molecule has 0 saturated heterocycles. The second kappa shape index (κ2) is 6.31. The minimum atomic E-state index is -0.694. The molecule has 2 aromatic rings. The Labute approximate surface area is 120 Å². The third-order valence-electron chi connectivity index (χ3n) is 2.77. The van der Waals surface area contributed by atoms with Crippen LogP contribution in [0.25, 0.3) is 0 Å². The first-order valence-corrected chi connectivity index (χ1v) is 6.00. The molecule has 2 rings (SSSR count). The van der Waals surface area contributed by atoms with E-state index in [4.69, 9.17) is 15.3 Å². The largest absolute Gasteiger partial charge is 0.485 e. The summed E-state index contributed by atoms with van der Waals surface area (Å²) < 4.78 is 18.6. The fourth-order valence-electron chi connectivity index (χ4n) is 1.64. The lowest BCUT2D eigenvalue weighted by Gasteiger charge is -2.06. The van der Waals surface area contributed by atoms with Crippen LogP contribution in [0.3, 0.4) is 0 Å². The number of halogens is 1. The van der Waals surface area contributed by atoms with E-state index in [0.29, 0.717) is 11.1 Å². The summed E-state index contributed by atoms with van der Waals surface area (Å²) in [5.74, 6) is -0.807. The van der Waals surface area contributed by atoms with E-state index in [0.717, 1.165) is 6.07 Å². The van der Waals surface area contributed by atoms with Crippen molar-refractivity contribution < 1.29 is 13.9 Å². The monoisotopic (exact) mass is 280 g/mol. The number of hydrogen-bond donors (Lipinski definition) is 0. The van der Waals surface area contributed by atoms with Crippen molar-refractivity contribution in [3.8, 4) is 17.9 Å². The Morgan fingerprint density at radius 1 is 1.10 bits per heavy atom. The van der Waals surface area contributed by atoms with Crippen LogP contribution < -0.4 is 4.74 Å². The molecule has 0 N–H and O–H groups in total. The SMILES string of the molecule is N#Cc1ccc(C(=O)COc2ccc(C#N)c(F)c2)cc1. The highest BCUT2D eigenvalue weighted by Gasteiger charge is 2.08. The van der Waals surface area contributed by atoms with Crippen LogP contribution in [0.5, 0.6) is 5.75 Å². The van der Waals surface area contributed by atoms with Gasteiger partial charge >= 0.3 is 0 Å². The van der Waals surface area contributed by atoms with Crippen LogP contribution in [0.2, 0.25) is 0 Å². The van der Waals surface area contributed by atoms with E-state index < -0.39 is 5.82 Å². The van der Waals surface area contributed by atoms with Gasteiger partial charge in [0, 0.05) is 11.6 Å². The molecule has 0 bridgehead atoms. The van der Waals surface area contributed by atoms with Gasteiger partial charge in [-0.3, -0.25) is 4.79 Å². The van der Waals surface area contributed by atoms with Crippen molar-refractivity contribution in [3.05, 3.63) is 65.0 Å². The van der Waals surface area contributed by atoms with E-state index in [1.54, 1.807) is 6.07 Å². The minimum absolute atomic E-state index is 0.0826. The summed E-state index contributed by atoms with van der Waals surface area (Å²) in [6, 6.07) is 13.6. The van der Waals surface area contributed by atoms with Crippen molar-refractivity contribution in [1.82, 2.24) is 0 Å². The molecule has 0 unspecified atom stereocenters. The zero-order chi connectivity index (χ0) is 15.2. The van der Waals surface area contributed by atoms with Gasteiger partial charge in [-0.05, 0) is 36.4 Å². The summed E-state index contributed by atoms with van der Waals surface area (Å²) in [4.78, 5) is 11.9. The van der Waals surface area contributed by atoms with Gasteiger partial charge in [-0.2, -0.15) is 10.5 Å². The molecule has 4 nitrogen and oxygen atoms in total. The average molecular weight is 280 g/mol. The minimum Gasteiger partial charge on any atom is -0.485 e. The third kappa shape index (κ3) is 3.43. The maximum atomic E-state index is 13.4. The van der Waals surface area contributed by atoms with Crippen LogP contribution in [0.15, 0.2) is 42.5 Å². The molecule has 0 heterocycles. The van der Waals surface area contributed by atoms with Crippen LogP contribution in [-0.4, -0.2) is 12.4 Å². The summed E-state index contributed by atoms with van der Waals surface area (Å²) in [6.45, 7) is -0.253. The summed E-state index contributed by atoms with van der Waals surface area (Å²) in [6.07, 6.45) is 0. The molecule has 0 atom stereocenters. The van der Waals surface area contributed by atoms with Gasteiger partial charge in [0.05, 0.1) is 17.2 Å². The van der Waals surface area contributed by atoms with Crippen LogP contribution in [0.1, 0.15) is 21.5 Å². The Bertz CT molecular complexity index is 755. The van der Waals surface area contributed by atoms with E-state index in [1.165, 1.54) is 36.4 Å². The Balaban J connectivity index is 2.02. The zero-order valence-corrected chi connectivity index (χ0v) is 10.8. The normalized spacial score (nSPS) is 9.48. The first kappa shape index (κ1) is 14.2. The first-order chi connectivity index (χ1) is 10.1. The fourth-order valence-corrected chi connectivity index (χ4v) is 1.64. The Morgan fingerprint density at radius 3 is 2.38 bits per heavy atom. The summed E-state index contributed by atoms with van der Waals surface area (Å²) in [7, 11) is 0. The van der Waals surface area contributed by atoms with Crippen molar-refractivity contribution in [1.29, 1.82) is 10.5 Å². The van der Waals surface area contributed by atoms with E-state index in [-0.39, 0.29) is 23.7 Å². The number of nitriles is 2. The number of benzene rings is 2. The van der Waals surface area contributed by atoms with Crippen molar-refractivity contribution in [3.63, 3.8) is 0 Å². The van der Waals surface area contributed by atoms with E-state index in [1.807, 2.05) is 6.07 Å². The molecule has 0 fully saturated rings. The maximum Gasteiger partial charge on any atom is 0.200 e. The molecule has 0 aliphatic heterocycles. The summed E-state index contributed by atoms with van der Waals surface area (Å²) in [5.41, 5.74) is 0.783. The zero-order valence-electron chi connectivity index (χ0n) is 10.8. The van der Waals surface area contributed by atoms with Crippen molar-refractivity contribution in [2.45, 2.75) is 0 Å². The number of carbonyl (C=O) groups is 1. The number of carbonyl (C=O) groups excluding carboxylic acids is 1. The predicted molar refractivity (Wildman–Crippen MR) is 72.1 cm³/mol. The van der Waals surface area contributed by atoms with Gasteiger partial charge in [-0.15, -0.1) is 0 Å². The van der Waals surface area contributed by atoms with Crippen molar-refractivity contribution >= 4 is 5.78 Å². The fraction of sp³-hybridized carbons (Fsp3) is 0.0625. The molecular formula is C16H9FN2O2. The molecule has 0 amide bonds. The highest BCUT2D eigenvalue weighted by Crippen LogP contribution is 2.16. The smallest absolute Gasteiger partial charge is 0.200 e. The van der Waals surface area contributed by atoms with E-state index in [2.05, 4.69) is 0 Å². The molecule has 102 valence electrons. The number of nitrogens with zero attached hydrogens (tertiary/aromatic N) is 2. The second-order valence-corrected chi connectivity index (χ2v) is 4.15.